The fourth-order valence-electron chi connectivity index (χ4n) is 2.15. The molecule has 0 aliphatic rings. The van der Waals surface area contributed by atoms with Crippen LogP contribution in [0.4, 0.5) is 8.78 Å². The molecule has 0 aliphatic carbocycles. The number of para-hydroxylation sites is 1. The van der Waals surface area contributed by atoms with E-state index in [0.29, 0.717) is 10.3 Å². The number of rotatable bonds is 5. The maximum atomic E-state index is 12.4. The SMILES string of the molecule is FC(F)Oc1ccccc1/C=N/n1cc(-c2ccccc2)[nH]c1=S. The van der Waals surface area contributed by atoms with Crippen molar-refractivity contribution in [1.29, 1.82) is 0 Å². The minimum absolute atomic E-state index is 0.0570. The molecular weight excluding hydrogens is 332 g/mol. The summed E-state index contributed by atoms with van der Waals surface area (Å²) >= 11 is 5.23. The molecular formula is C17H13F2N3OS. The lowest BCUT2D eigenvalue weighted by Crippen LogP contribution is -2.04. The maximum Gasteiger partial charge on any atom is 0.387 e. The van der Waals surface area contributed by atoms with Gasteiger partial charge in [0.25, 0.3) is 0 Å². The summed E-state index contributed by atoms with van der Waals surface area (Å²) < 4.78 is 31.2. The molecule has 0 amide bonds. The second-order valence-electron chi connectivity index (χ2n) is 4.84. The van der Waals surface area contributed by atoms with E-state index in [2.05, 4.69) is 14.8 Å². The second kappa shape index (κ2) is 7.18. The molecule has 0 radical (unpaired) electrons. The highest BCUT2D eigenvalue weighted by Gasteiger charge is 2.08. The fourth-order valence-corrected chi connectivity index (χ4v) is 2.36. The first-order chi connectivity index (χ1) is 11.6. The lowest BCUT2D eigenvalue weighted by atomic mass is 10.2. The Balaban J connectivity index is 1.88. The van der Waals surface area contributed by atoms with Crippen LogP contribution in [0.15, 0.2) is 65.9 Å². The van der Waals surface area contributed by atoms with E-state index in [1.807, 2.05) is 30.3 Å². The van der Waals surface area contributed by atoms with Crippen LogP contribution in [0.1, 0.15) is 5.56 Å². The Morgan fingerprint density at radius 3 is 2.54 bits per heavy atom. The highest BCUT2D eigenvalue weighted by Crippen LogP contribution is 2.19. The van der Waals surface area contributed by atoms with E-state index in [1.165, 1.54) is 17.0 Å². The topological polar surface area (TPSA) is 42.3 Å². The molecule has 7 heteroatoms. The zero-order valence-corrected chi connectivity index (χ0v) is 13.2. The average molecular weight is 345 g/mol. The average Bonchev–Trinajstić information content (AvgIpc) is 2.95. The largest absolute Gasteiger partial charge is 0.434 e. The number of H-pyrrole nitrogens is 1. The highest BCUT2D eigenvalue weighted by molar-refractivity contribution is 7.71. The lowest BCUT2D eigenvalue weighted by Gasteiger charge is -2.06. The molecule has 122 valence electrons. The number of hydrogen-bond acceptors (Lipinski definition) is 3. The normalized spacial score (nSPS) is 11.3. The molecule has 0 bridgehead atoms. The molecule has 0 atom stereocenters. The van der Waals surface area contributed by atoms with E-state index in [-0.39, 0.29) is 5.75 Å². The Kier molecular flexibility index (Phi) is 4.81. The van der Waals surface area contributed by atoms with Crippen LogP contribution < -0.4 is 4.74 Å². The van der Waals surface area contributed by atoms with E-state index >= 15 is 0 Å². The molecule has 0 saturated heterocycles. The van der Waals surface area contributed by atoms with Gasteiger partial charge < -0.3 is 9.72 Å². The first-order valence-corrected chi connectivity index (χ1v) is 7.49. The van der Waals surface area contributed by atoms with Crippen LogP contribution in [0.2, 0.25) is 0 Å². The number of nitrogens with zero attached hydrogens (tertiary/aromatic N) is 2. The van der Waals surface area contributed by atoms with Crippen molar-refractivity contribution in [2.45, 2.75) is 6.61 Å². The summed E-state index contributed by atoms with van der Waals surface area (Å²) in [6, 6.07) is 16.1. The maximum absolute atomic E-state index is 12.4. The zero-order valence-electron chi connectivity index (χ0n) is 12.4. The Labute approximate surface area is 142 Å². The number of aromatic nitrogens is 2. The minimum atomic E-state index is -2.89. The van der Waals surface area contributed by atoms with Gasteiger partial charge in [-0.25, -0.2) is 4.68 Å². The molecule has 1 N–H and O–H groups in total. The Hall–Kier alpha value is -2.80. The predicted molar refractivity (Wildman–Crippen MR) is 91.1 cm³/mol. The van der Waals surface area contributed by atoms with E-state index in [9.17, 15) is 8.78 Å². The molecule has 3 aromatic rings. The molecule has 4 nitrogen and oxygen atoms in total. The number of halogens is 2. The summed E-state index contributed by atoms with van der Waals surface area (Å²) in [5.74, 6) is 0.0570. The van der Waals surface area contributed by atoms with Gasteiger partial charge in [0, 0.05) is 5.56 Å². The van der Waals surface area contributed by atoms with Crippen molar-refractivity contribution in [3.8, 4) is 17.0 Å². The van der Waals surface area contributed by atoms with E-state index < -0.39 is 6.61 Å². The molecule has 2 aromatic carbocycles. The lowest BCUT2D eigenvalue weighted by molar-refractivity contribution is -0.0499. The van der Waals surface area contributed by atoms with Gasteiger partial charge in [-0.1, -0.05) is 42.5 Å². The molecule has 0 unspecified atom stereocenters. The number of alkyl halides is 2. The zero-order chi connectivity index (χ0) is 16.9. The van der Waals surface area contributed by atoms with Crippen molar-refractivity contribution in [1.82, 2.24) is 9.66 Å². The summed E-state index contributed by atoms with van der Waals surface area (Å²) in [7, 11) is 0. The Morgan fingerprint density at radius 1 is 1.08 bits per heavy atom. The molecule has 0 spiro atoms. The molecule has 0 aliphatic heterocycles. The predicted octanol–water partition coefficient (Wildman–Crippen LogP) is 4.70. The Bertz CT molecular complexity index is 903. The van der Waals surface area contributed by atoms with Crippen LogP contribution in [0, 0.1) is 4.77 Å². The second-order valence-corrected chi connectivity index (χ2v) is 5.23. The van der Waals surface area contributed by atoms with Crippen molar-refractivity contribution < 1.29 is 13.5 Å². The van der Waals surface area contributed by atoms with E-state index in [0.717, 1.165) is 11.3 Å². The third-order valence-corrected chi connectivity index (χ3v) is 3.53. The van der Waals surface area contributed by atoms with Gasteiger partial charge in [-0.05, 0) is 29.9 Å². The molecule has 0 fully saturated rings. The molecule has 1 aromatic heterocycles. The number of nitrogens with one attached hydrogen (secondary N) is 1. The standard InChI is InChI=1S/C17H13F2N3OS/c18-16(19)23-15-9-5-4-8-13(15)10-20-22-11-14(21-17(22)24)12-6-2-1-3-7-12/h1-11,16H,(H,21,24)/b20-10+. The number of benzene rings is 2. The molecule has 1 heterocycles. The number of imidazole rings is 1. The van der Waals surface area contributed by atoms with Crippen LogP contribution in [0.3, 0.4) is 0 Å². The summed E-state index contributed by atoms with van der Waals surface area (Å²) in [6.07, 6.45) is 3.17. The van der Waals surface area contributed by atoms with Gasteiger partial charge in [-0.2, -0.15) is 13.9 Å². The van der Waals surface area contributed by atoms with Crippen molar-refractivity contribution in [3.63, 3.8) is 0 Å². The van der Waals surface area contributed by atoms with Gasteiger partial charge in [0.2, 0.25) is 0 Å². The summed E-state index contributed by atoms with van der Waals surface area (Å²) in [4.78, 5) is 3.06. The van der Waals surface area contributed by atoms with Gasteiger partial charge in [-0.3, -0.25) is 0 Å². The molecule has 0 saturated carbocycles. The summed E-state index contributed by atoms with van der Waals surface area (Å²) in [5.41, 5.74) is 2.22. The third-order valence-electron chi connectivity index (χ3n) is 3.24. The van der Waals surface area contributed by atoms with Gasteiger partial charge in [0.15, 0.2) is 4.77 Å². The number of aromatic amines is 1. The summed E-state index contributed by atoms with van der Waals surface area (Å²) in [5, 5.41) is 4.22. The number of ether oxygens (including phenoxy) is 1. The van der Waals surface area contributed by atoms with Crippen molar-refractivity contribution in [3.05, 3.63) is 71.1 Å². The monoisotopic (exact) mass is 345 g/mol. The van der Waals surface area contributed by atoms with Crippen LogP contribution >= 0.6 is 12.2 Å². The molecule has 3 rings (SSSR count). The van der Waals surface area contributed by atoms with Crippen LogP contribution in [-0.4, -0.2) is 22.5 Å². The quantitative estimate of drug-likeness (QED) is 0.538. The van der Waals surface area contributed by atoms with Gasteiger partial charge >= 0.3 is 6.61 Å². The Morgan fingerprint density at radius 2 is 1.79 bits per heavy atom. The van der Waals surface area contributed by atoms with Crippen LogP contribution in [0.5, 0.6) is 5.75 Å². The van der Waals surface area contributed by atoms with Gasteiger partial charge in [0.1, 0.15) is 5.75 Å². The molecule has 24 heavy (non-hydrogen) atoms. The number of hydrogen-bond donors (Lipinski definition) is 1. The first kappa shape index (κ1) is 16.1. The van der Waals surface area contributed by atoms with Gasteiger partial charge in [-0.15, -0.1) is 0 Å². The van der Waals surface area contributed by atoms with Gasteiger partial charge in [0.05, 0.1) is 18.1 Å². The smallest absolute Gasteiger partial charge is 0.387 e. The van der Waals surface area contributed by atoms with Crippen molar-refractivity contribution in [2.75, 3.05) is 0 Å². The van der Waals surface area contributed by atoms with E-state index in [4.69, 9.17) is 12.2 Å². The minimum Gasteiger partial charge on any atom is -0.434 e. The van der Waals surface area contributed by atoms with Crippen LogP contribution in [-0.2, 0) is 0 Å². The van der Waals surface area contributed by atoms with Crippen molar-refractivity contribution >= 4 is 18.4 Å². The fraction of sp³-hybridized carbons (Fsp3) is 0.0588. The van der Waals surface area contributed by atoms with Crippen molar-refractivity contribution in [2.24, 2.45) is 5.10 Å². The highest BCUT2D eigenvalue weighted by atomic mass is 32.1. The summed E-state index contributed by atoms with van der Waals surface area (Å²) in [6.45, 7) is -2.89. The third kappa shape index (κ3) is 3.75. The first-order valence-electron chi connectivity index (χ1n) is 7.09. The van der Waals surface area contributed by atoms with E-state index in [1.54, 1.807) is 24.4 Å². The van der Waals surface area contributed by atoms with Crippen LogP contribution in [0.25, 0.3) is 11.3 Å².